The van der Waals surface area contributed by atoms with Crippen LogP contribution >= 0.6 is 15.9 Å². The molecule has 0 amide bonds. The van der Waals surface area contributed by atoms with Crippen LogP contribution in [0.3, 0.4) is 0 Å². The SMILES string of the molecule is Brc1ccc(/[C]=N\OCc2cccc(-c3ccccc3)c2)cc1. The van der Waals surface area contributed by atoms with Gasteiger partial charge in [0.1, 0.15) is 12.8 Å². The van der Waals surface area contributed by atoms with Crippen molar-refractivity contribution < 1.29 is 4.84 Å². The fraction of sp³-hybridized carbons (Fsp3) is 0.0500. The summed E-state index contributed by atoms with van der Waals surface area (Å²) in [6.07, 6.45) is 2.87. The van der Waals surface area contributed by atoms with E-state index in [0.29, 0.717) is 6.61 Å². The molecule has 0 fully saturated rings. The van der Waals surface area contributed by atoms with E-state index in [0.717, 1.165) is 15.6 Å². The third-order valence-corrected chi connectivity index (χ3v) is 3.88. The van der Waals surface area contributed by atoms with Crippen LogP contribution in [-0.2, 0) is 11.4 Å². The van der Waals surface area contributed by atoms with Gasteiger partial charge in [0.25, 0.3) is 0 Å². The van der Waals surface area contributed by atoms with E-state index in [1.165, 1.54) is 11.1 Å². The number of hydrogen-bond donors (Lipinski definition) is 0. The summed E-state index contributed by atoms with van der Waals surface area (Å²) in [6.45, 7) is 0.421. The fourth-order valence-electron chi connectivity index (χ4n) is 2.19. The summed E-state index contributed by atoms with van der Waals surface area (Å²) in [6, 6.07) is 26.3. The van der Waals surface area contributed by atoms with Gasteiger partial charge in [-0.3, -0.25) is 0 Å². The van der Waals surface area contributed by atoms with Gasteiger partial charge in [-0.25, -0.2) is 0 Å². The van der Waals surface area contributed by atoms with Crippen LogP contribution in [-0.4, -0.2) is 6.21 Å². The van der Waals surface area contributed by atoms with Crippen molar-refractivity contribution in [2.45, 2.75) is 6.61 Å². The third-order valence-electron chi connectivity index (χ3n) is 3.35. The Morgan fingerprint density at radius 1 is 0.826 bits per heavy atom. The van der Waals surface area contributed by atoms with Crippen molar-refractivity contribution in [1.29, 1.82) is 0 Å². The van der Waals surface area contributed by atoms with Crippen molar-refractivity contribution in [1.82, 2.24) is 0 Å². The molecule has 3 aromatic carbocycles. The van der Waals surface area contributed by atoms with Gasteiger partial charge < -0.3 is 4.84 Å². The van der Waals surface area contributed by atoms with E-state index >= 15 is 0 Å². The summed E-state index contributed by atoms with van der Waals surface area (Å²) in [5.74, 6) is 0. The molecule has 0 unspecified atom stereocenters. The van der Waals surface area contributed by atoms with Gasteiger partial charge in [0.05, 0.1) is 0 Å². The predicted octanol–water partition coefficient (Wildman–Crippen LogP) is 5.54. The molecule has 0 N–H and O–H groups in total. The summed E-state index contributed by atoms with van der Waals surface area (Å²) >= 11 is 3.39. The lowest BCUT2D eigenvalue weighted by atomic mass is 10.0. The lowest BCUT2D eigenvalue weighted by Gasteiger charge is -2.04. The Hall–Kier alpha value is -2.39. The van der Waals surface area contributed by atoms with E-state index in [1.54, 1.807) is 0 Å². The van der Waals surface area contributed by atoms with Crippen molar-refractivity contribution in [2.24, 2.45) is 5.16 Å². The average molecular weight is 365 g/mol. The summed E-state index contributed by atoms with van der Waals surface area (Å²) < 4.78 is 1.03. The van der Waals surface area contributed by atoms with Gasteiger partial charge in [0.15, 0.2) is 0 Å². The molecule has 0 atom stereocenters. The molecule has 0 heterocycles. The Morgan fingerprint density at radius 3 is 2.35 bits per heavy atom. The highest BCUT2D eigenvalue weighted by Crippen LogP contribution is 2.20. The largest absolute Gasteiger partial charge is 0.390 e. The van der Waals surface area contributed by atoms with Crippen molar-refractivity contribution in [3.05, 3.63) is 94.5 Å². The van der Waals surface area contributed by atoms with Crippen LogP contribution in [0.4, 0.5) is 0 Å². The minimum Gasteiger partial charge on any atom is -0.390 e. The molecule has 1 radical (unpaired) electrons. The number of halogens is 1. The highest BCUT2D eigenvalue weighted by molar-refractivity contribution is 9.10. The zero-order chi connectivity index (χ0) is 15.9. The van der Waals surface area contributed by atoms with E-state index < -0.39 is 0 Å². The van der Waals surface area contributed by atoms with Crippen LogP contribution in [0.1, 0.15) is 11.1 Å². The quantitative estimate of drug-likeness (QED) is 0.430. The van der Waals surface area contributed by atoms with Crippen LogP contribution in [0.5, 0.6) is 0 Å². The standard InChI is InChI=1S/C20H15BrNO/c21-20-11-9-16(10-12-20)14-22-23-15-17-5-4-8-19(13-17)18-6-2-1-3-7-18/h1-13H,15H2. The summed E-state index contributed by atoms with van der Waals surface area (Å²) in [5.41, 5.74) is 4.32. The minimum absolute atomic E-state index is 0.421. The van der Waals surface area contributed by atoms with Crippen molar-refractivity contribution in [3.63, 3.8) is 0 Å². The Morgan fingerprint density at radius 2 is 1.57 bits per heavy atom. The first-order chi connectivity index (χ1) is 11.3. The third kappa shape index (κ3) is 4.54. The first-order valence-corrected chi connectivity index (χ1v) is 8.08. The first-order valence-electron chi connectivity index (χ1n) is 7.29. The predicted molar refractivity (Wildman–Crippen MR) is 97.3 cm³/mol. The van der Waals surface area contributed by atoms with Crippen LogP contribution in [0.15, 0.2) is 88.5 Å². The number of hydrogen-bond acceptors (Lipinski definition) is 2. The van der Waals surface area contributed by atoms with Gasteiger partial charge in [-0.1, -0.05) is 81.7 Å². The van der Waals surface area contributed by atoms with Gasteiger partial charge in [-0.2, -0.15) is 0 Å². The van der Waals surface area contributed by atoms with Crippen molar-refractivity contribution in [2.75, 3.05) is 0 Å². The van der Waals surface area contributed by atoms with Crippen LogP contribution < -0.4 is 0 Å². The maximum atomic E-state index is 5.35. The number of nitrogens with zero attached hydrogens (tertiary/aromatic N) is 1. The zero-order valence-electron chi connectivity index (χ0n) is 12.4. The molecule has 0 aliphatic heterocycles. The van der Waals surface area contributed by atoms with Gasteiger partial charge in [-0.15, -0.1) is 0 Å². The topological polar surface area (TPSA) is 21.6 Å². The van der Waals surface area contributed by atoms with Gasteiger partial charge in [0, 0.05) is 10.0 Å². The Kier molecular flexibility index (Phi) is 5.22. The molecule has 3 aromatic rings. The van der Waals surface area contributed by atoms with Crippen LogP contribution in [0.25, 0.3) is 11.1 Å². The second-order valence-corrected chi connectivity index (χ2v) is 5.97. The Balaban J connectivity index is 1.61. The highest BCUT2D eigenvalue weighted by atomic mass is 79.9. The first kappa shape index (κ1) is 15.5. The lowest BCUT2D eigenvalue weighted by Crippen LogP contribution is -1.89. The molecule has 0 aromatic heterocycles. The molecule has 0 saturated carbocycles. The molecule has 23 heavy (non-hydrogen) atoms. The second kappa shape index (κ2) is 7.75. The summed E-state index contributed by atoms with van der Waals surface area (Å²) in [7, 11) is 0. The summed E-state index contributed by atoms with van der Waals surface area (Å²) in [5, 5.41) is 3.90. The molecular formula is C20H15BrNO. The van der Waals surface area contributed by atoms with E-state index in [2.05, 4.69) is 51.6 Å². The molecule has 0 saturated heterocycles. The van der Waals surface area contributed by atoms with Crippen molar-refractivity contribution >= 4 is 22.1 Å². The molecular weight excluding hydrogens is 350 g/mol. The van der Waals surface area contributed by atoms with Gasteiger partial charge in [0.2, 0.25) is 0 Å². The maximum absolute atomic E-state index is 5.35. The van der Waals surface area contributed by atoms with E-state index in [-0.39, 0.29) is 0 Å². The molecule has 113 valence electrons. The van der Waals surface area contributed by atoms with E-state index in [4.69, 9.17) is 4.84 Å². The fourth-order valence-corrected chi connectivity index (χ4v) is 2.45. The second-order valence-electron chi connectivity index (χ2n) is 5.05. The van der Waals surface area contributed by atoms with Crippen LogP contribution in [0, 0.1) is 0 Å². The number of rotatable bonds is 5. The molecule has 3 rings (SSSR count). The Bertz CT molecular complexity index is 782. The monoisotopic (exact) mass is 364 g/mol. The number of benzene rings is 3. The lowest BCUT2D eigenvalue weighted by molar-refractivity contribution is 0.132. The molecule has 0 bridgehead atoms. The molecule has 0 aliphatic rings. The molecule has 2 nitrogen and oxygen atoms in total. The summed E-state index contributed by atoms with van der Waals surface area (Å²) in [4.78, 5) is 5.35. The van der Waals surface area contributed by atoms with E-state index in [1.807, 2.05) is 54.6 Å². The zero-order valence-corrected chi connectivity index (χ0v) is 14.0. The Labute approximate surface area is 144 Å². The highest BCUT2D eigenvalue weighted by Gasteiger charge is 1.99. The molecule has 0 spiro atoms. The average Bonchev–Trinajstić information content (AvgIpc) is 2.61. The normalized spacial score (nSPS) is 10.8. The smallest absolute Gasteiger partial charge is 0.142 e. The van der Waals surface area contributed by atoms with Crippen molar-refractivity contribution in [3.8, 4) is 11.1 Å². The molecule has 0 aliphatic carbocycles. The van der Waals surface area contributed by atoms with Crippen LogP contribution in [0.2, 0.25) is 0 Å². The molecule has 3 heteroatoms. The van der Waals surface area contributed by atoms with E-state index in [9.17, 15) is 0 Å². The van der Waals surface area contributed by atoms with Gasteiger partial charge in [-0.05, 0) is 34.9 Å². The van der Waals surface area contributed by atoms with Gasteiger partial charge >= 0.3 is 0 Å². The maximum Gasteiger partial charge on any atom is 0.142 e. The minimum atomic E-state index is 0.421.